The van der Waals surface area contributed by atoms with Gasteiger partial charge in [-0.1, -0.05) is 35.5 Å². The lowest BCUT2D eigenvalue weighted by Crippen LogP contribution is -2.15. The van der Waals surface area contributed by atoms with Crippen LogP contribution in [0.2, 0.25) is 0 Å². The van der Waals surface area contributed by atoms with Gasteiger partial charge in [0.05, 0.1) is 29.5 Å². The van der Waals surface area contributed by atoms with Gasteiger partial charge in [-0.3, -0.25) is 0 Å². The molecule has 25 heavy (non-hydrogen) atoms. The fourth-order valence-corrected chi connectivity index (χ4v) is 3.10. The Morgan fingerprint density at radius 3 is 2.08 bits per heavy atom. The van der Waals surface area contributed by atoms with Crippen LogP contribution in [0.5, 0.6) is 11.5 Å². The number of fused-ring (bicyclic) bond motifs is 2. The molecule has 0 saturated heterocycles. The van der Waals surface area contributed by atoms with E-state index in [9.17, 15) is 0 Å². The first-order valence-corrected chi connectivity index (χ1v) is 8.03. The number of aromatic nitrogens is 3. The van der Waals surface area contributed by atoms with Crippen molar-refractivity contribution in [1.29, 1.82) is 0 Å². The summed E-state index contributed by atoms with van der Waals surface area (Å²) in [7, 11) is 0. The zero-order valence-corrected chi connectivity index (χ0v) is 13.3. The van der Waals surface area contributed by atoms with Gasteiger partial charge >= 0.3 is 0 Å². The van der Waals surface area contributed by atoms with Crippen LogP contribution in [0.1, 0.15) is 0 Å². The molecule has 0 amide bonds. The molecule has 1 aliphatic heterocycles. The predicted octanol–water partition coefficient (Wildman–Crippen LogP) is 4.84. The highest BCUT2D eigenvalue weighted by atomic mass is 16.5. The zero-order chi connectivity index (χ0) is 16.6. The van der Waals surface area contributed by atoms with E-state index in [2.05, 4.69) is 39.5 Å². The van der Waals surface area contributed by atoms with Crippen LogP contribution in [0.3, 0.4) is 0 Å². The highest BCUT2D eigenvalue weighted by Gasteiger charge is 2.25. The maximum atomic E-state index is 6.06. The van der Waals surface area contributed by atoms with Crippen molar-refractivity contribution in [3.05, 3.63) is 85.2 Å². The fourth-order valence-electron chi connectivity index (χ4n) is 3.10. The van der Waals surface area contributed by atoms with Gasteiger partial charge in [0.25, 0.3) is 0 Å². The van der Waals surface area contributed by atoms with Crippen LogP contribution in [0.25, 0.3) is 5.69 Å². The van der Waals surface area contributed by atoms with E-state index in [-0.39, 0.29) is 0 Å². The highest BCUT2D eigenvalue weighted by molar-refractivity contribution is 5.86. The number of ether oxygens (including phenoxy) is 1. The topological polar surface area (TPSA) is 43.2 Å². The van der Waals surface area contributed by atoms with Gasteiger partial charge < -0.3 is 9.64 Å². The summed E-state index contributed by atoms with van der Waals surface area (Å²) in [5.41, 5.74) is 4.02. The second kappa shape index (κ2) is 5.49. The maximum absolute atomic E-state index is 6.06. The molecule has 2 heterocycles. The SMILES string of the molecule is c1cc(N2c3ccccc3Oc3ccccc32)cc(-n2ccnn2)c1. The molecule has 4 aromatic rings. The molecule has 5 nitrogen and oxygen atoms in total. The van der Waals surface area contributed by atoms with Crippen molar-refractivity contribution >= 4 is 17.1 Å². The quantitative estimate of drug-likeness (QED) is 0.465. The van der Waals surface area contributed by atoms with Gasteiger partial charge in [-0.2, -0.15) is 0 Å². The van der Waals surface area contributed by atoms with E-state index >= 15 is 0 Å². The van der Waals surface area contributed by atoms with Gasteiger partial charge in [-0.05, 0) is 42.5 Å². The number of hydrogen-bond donors (Lipinski definition) is 0. The molecule has 0 bridgehead atoms. The summed E-state index contributed by atoms with van der Waals surface area (Å²) >= 11 is 0. The smallest absolute Gasteiger partial charge is 0.151 e. The molecule has 0 saturated carbocycles. The molecule has 0 aliphatic carbocycles. The Balaban J connectivity index is 1.71. The number of para-hydroxylation sites is 4. The molecular formula is C20H14N4O. The van der Waals surface area contributed by atoms with Crippen molar-refractivity contribution in [2.75, 3.05) is 4.90 Å². The molecule has 0 radical (unpaired) electrons. The summed E-state index contributed by atoms with van der Waals surface area (Å²) in [5.74, 6) is 1.68. The minimum absolute atomic E-state index is 0.840. The number of anilines is 3. The van der Waals surface area contributed by atoms with E-state index in [4.69, 9.17) is 4.74 Å². The Hall–Kier alpha value is -3.60. The largest absolute Gasteiger partial charge is 0.453 e. The van der Waals surface area contributed by atoms with E-state index in [1.54, 1.807) is 10.9 Å². The zero-order valence-electron chi connectivity index (χ0n) is 13.3. The molecule has 5 rings (SSSR count). The van der Waals surface area contributed by atoms with E-state index in [1.807, 2.05) is 54.7 Å². The Bertz CT molecular complexity index is 998. The maximum Gasteiger partial charge on any atom is 0.151 e. The van der Waals surface area contributed by atoms with Gasteiger partial charge in [0.15, 0.2) is 11.5 Å². The lowest BCUT2D eigenvalue weighted by molar-refractivity contribution is 0.477. The van der Waals surface area contributed by atoms with E-state index in [1.165, 1.54) is 0 Å². The van der Waals surface area contributed by atoms with Crippen molar-refractivity contribution in [1.82, 2.24) is 15.0 Å². The third-order valence-electron chi connectivity index (χ3n) is 4.21. The van der Waals surface area contributed by atoms with E-state index in [0.29, 0.717) is 0 Å². The minimum Gasteiger partial charge on any atom is -0.453 e. The van der Waals surface area contributed by atoms with Crippen LogP contribution in [0.15, 0.2) is 85.2 Å². The lowest BCUT2D eigenvalue weighted by atomic mass is 10.1. The minimum atomic E-state index is 0.840. The molecule has 0 spiro atoms. The van der Waals surface area contributed by atoms with Crippen molar-refractivity contribution in [2.45, 2.75) is 0 Å². The Morgan fingerprint density at radius 1 is 0.720 bits per heavy atom. The second-order valence-electron chi connectivity index (χ2n) is 5.74. The van der Waals surface area contributed by atoms with Crippen LogP contribution in [-0.2, 0) is 0 Å². The third kappa shape index (κ3) is 2.25. The average molecular weight is 326 g/mol. The summed E-state index contributed by atoms with van der Waals surface area (Å²) in [4.78, 5) is 2.20. The van der Waals surface area contributed by atoms with Crippen LogP contribution in [0, 0.1) is 0 Å². The first kappa shape index (κ1) is 13.8. The van der Waals surface area contributed by atoms with Crippen LogP contribution < -0.4 is 9.64 Å². The summed E-state index contributed by atoms with van der Waals surface area (Å²) in [6.45, 7) is 0. The van der Waals surface area contributed by atoms with Gasteiger partial charge in [0, 0.05) is 5.69 Å². The van der Waals surface area contributed by atoms with E-state index in [0.717, 1.165) is 34.2 Å². The van der Waals surface area contributed by atoms with Crippen molar-refractivity contribution in [3.63, 3.8) is 0 Å². The highest BCUT2D eigenvalue weighted by Crippen LogP contribution is 2.50. The number of rotatable bonds is 2. The Kier molecular flexibility index (Phi) is 3.03. The van der Waals surface area contributed by atoms with Crippen molar-refractivity contribution < 1.29 is 4.74 Å². The first-order valence-electron chi connectivity index (χ1n) is 8.03. The summed E-state index contributed by atoms with van der Waals surface area (Å²) in [6, 6.07) is 24.3. The number of hydrogen-bond acceptors (Lipinski definition) is 4. The fraction of sp³-hybridized carbons (Fsp3) is 0. The molecule has 120 valence electrons. The van der Waals surface area contributed by atoms with Crippen molar-refractivity contribution in [2.24, 2.45) is 0 Å². The second-order valence-corrected chi connectivity index (χ2v) is 5.74. The van der Waals surface area contributed by atoms with Crippen LogP contribution >= 0.6 is 0 Å². The van der Waals surface area contributed by atoms with Crippen LogP contribution in [-0.4, -0.2) is 15.0 Å². The third-order valence-corrected chi connectivity index (χ3v) is 4.21. The molecular weight excluding hydrogens is 312 g/mol. The summed E-state index contributed by atoms with van der Waals surface area (Å²) in [6.07, 6.45) is 3.51. The van der Waals surface area contributed by atoms with Gasteiger partial charge in [-0.25, -0.2) is 4.68 Å². The van der Waals surface area contributed by atoms with E-state index < -0.39 is 0 Å². The molecule has 0 N–H and O–H groups in total. The molecule has 0 unspecified atom stereocenters. The van der Waals surface area contributed by atoms with Gasteiger partial charge in [-0.15, -0.1) is 5.10 Å². The molecule has 5 heteroatoms. The lowest BCUT2D eigenvalue weighted by Gasteiger charge is -2.32. The molecule has 3 aromatic carbocycles. The van der Waals surface area contributed by atoms with Gasteiger partial charge in [0.2, 0.25) is 0 Å². The normalized spacial score (nSPS) is 12.2. The summed E-state index contributed by atoms with van der Waals surface area (Å²) in [5, 5.41) is 7.98. The number of benzene rings is 3. The number of nitrogens with zero attached hydrogens (tertiary/aromatic N) is 4. The average Bonchev–Trinajstić information content (AvgIpc) is 3.21. The molecule has 1 aliphatic rings. The Morgan fingerprint density at radius 2 is 1.40 bits per heavy atom. The van der Waals surface area contributed by atoms with Gasteiger partial charge in [0.1, 0.15) is 0 Å². The Labute approximate surface area is 144 Å². The summed E-state index contributed by atoms with van der Waals surface area (Å²) < 4.78 is 7.81. The first-order chi connectivity index (χ1) is 12.4. The molecule has 0 atom stereocenters. The van der Waals surface area contributed by atoms with Crippen LogP contribution in [0.4, 0.5) is 17.1 Å². The monoisotopic (exact) mass is 326 g/mol. The van der Waals surface area contributed by atoms with Crippen molar-refractivity contribution in [3.8, 4) is 17.2 Å². The molecule has 1 aromatic heterocycles. The predicted molar refractivity (Wildman–Crippen MR) is 96.1 cm³/mol. The standard InChI is InChI=1S/C20H14N4O/c1-3-10-19-17(8-1)24(18-9-2-4-11-20(18)25-19)16-7-5-6-15(14-16)23-13-12-21-22-23/h1-14H. The molecule has 0 fully saturated rings.